The van der Waals surface area contributed by atoms with Gasteiger partial charge in [0.1, 0.15) is 0 Å². The molecule has 2 N–H and O–H groups in total. The number of hydrogen-bond acceptors (Lipinski definition) is 3. The number of fused-ring (bicyclic) bond motifs is 2. The van der Waals surface area contributed by atoms with Gasteiger partial charge in [0.2, 0.25) is 0 Å². The van der Waals surface area contributed by atoms with E-state index in [1.165, 1.54) is 17.1 Å². The number of nitrogen functional groups attached to an aromatic ring is 1. The monoisotopic (exact) mass is 351 g/mol. The summed E-state index contributed by atoms with van der Waals surface area (Å²) in [7, 11) is 0. The highest BCUT2D eigenvalue weighted by molar-refractivity contribution is 5.88. The molecule has 2 atom stereocenters. The molecule has 2 unspecified atom stereocenters. The summed E-state index contributed by atoms with van der Waals surface area (Å²) in [6, 6.07) is 27.7. The Hall–Kier alpha value is -3.46. The Labute approximate surface area is 159 Å². The highest BCUT2D eigenvalue weighted by Crippen LogP contribution is 2.47. The van der Waals surface area contributed by atoms with E-state index in [2.05, 4.69) is 107 Å². The van der Waals surface area contributed by atoms with Crippen LogP contribution in [-0.4, -0.2) is 12.1 Å². The molecular weight excluding hydrogens is 330 g/mol. The highest BCUT2D eigenvalue weighted by Gasteiger charge is 2.38. The van der Waals surface area contributed by atoms with Crippen molar-refractivity contribution in [3.8, 4) is 0 Å². The quantitative estimate of drug-likeness (QED) is 0.626. The second-order valence-corrected chi connectivity index (χ2v) is 6.91. The maximum absolute atomic E-state index is 6.20. The second-order valence-electron chi connectivity index (χ2n) is 6.91. The minimum atomic E-state index is 0.187. The van der Waals surface area contributed by atoms with E-state index in [0.717, 1.165) is 11.4 Å². The SMILES string of the molecule is Nc1ccc2c(c1)N(c1ccccc1)C1C=CC=CC1N2c1ccccc1. The third-order valence-electron chi connectivity index (χ3n) is 5.26. The van der Waals surface area contributed by atoms with Crippen molar-refractivity contribution in [1.82, 2.24) is 0 Å². The number of hydrogen-bond donors (Lipinski definition) is 1. The Bertz CT molecular complexity index is 1010. The van der Waals surface area contributed by atoms with Crippen molar-refractivity contribution in [1.29, 1.82) is 0 Å². The average Bonchev–Trinajstić information content (AvgIpc) is 2.73. The Morgan fingerprint density at radius 1 is 0.593 bits per heavy atom. The number of allylic oxidation sites excluding steroid dienone is 2. The molecular formula is C24H21N3. The highest BCUT2D eigenvalue weighted by atomic mass is 15.3. The lowest BCUT2D eigenvalue weighted by molar-refractivity contribution is 0.638. The zero-order valence-electron chi connectivity index (χ0n) is 14.9. The summed E-state index contributed by atoms with van der Waals surface area (Å²) in [5.74, 6) is 0. The smallest absolute Gasteiger partial charge is 0.0769 e. The van der Waals surface area contributed by atoms with Crippen LogP contribution in [0.4, 0.5) is 28.4 Å². The molecule has 0 spiro atoms. The molecule has 2 aliphatic rings. The molecule has 3 heteroatoms. The Morgan fingerprint density at radius 2 is 1.11 bits per heavy atom. The molecule has 0 fully saturated rings. The first-order valence-electron chi connectivity index (χ1n) is 9.26. The third kappa shape index (κ3) is 2.59. The zero-order valence-corrected chi connectivity index (χ0v) is 14.9. The van der Waals surface area contributed by atoms with Gasteiger partial charge < -0.3 is 15.5 Å². The molecule has 0 saturated heterocycles. The van der Waals surface area contributed by atoms with E-state index in [9.17, 15) is 0 Å². The van der Waals surface area contributed by atoms with Crippen LogP contribution < -0.4 is 15.5 Å². The molecule has 3 aromatic rings. The van der Waals surface area contributed by atoms with Crippen molar-refractivity contribution in [2.24, 2.45) is 0 Å². The van der Waals surface area contributed by atoms with Gasteiger partial charge in [0.05, 0.1) is 23.5 Å². The first-order chi connectivity index (χ1) is 13.3. The molecule has 0 aromatic heterocycles. The van der Waals surface area contributed by atoms with Gasteiger partial charge in [0.25, 0.3) is 0 Å². The summed E-state index contributed by atoms with van der Waals surface area (Å²) in [5, 5.41) is 0. The number of nitrogens with zero attached hydrogens (tertiary/aromatic N) is 2. The van der Waals surface area contributed by atoms with Crippen LogP contribution in [0.2, 0.25) is 0 Å². The van der Waals surface area contributed by atoms with Gasteiger partial charge in [-0.1, -0.05) is 60.7 Å². The summed E-state index contributed by atoms with van der Waals surface area (Å²) < 4.78 is 0. The minimum absolute atomic E-state index is 0.187. The molecule has 3 nitrogen and oxygen atoms in total. The fraction of sp³-hybridized carbons (Fsp3) is 0.0833. The number of benzene rings is 3. The van der Waals surface area contributed by atoms with Crippen LogP contribution in [0.15, 0.2) is 103 Å². The summed E-state index contributed by atoms with van der Waals surface area (Å²) in [4.78, 5) is 4.81. The molecule has 0 amide bonds. The average molecular weight is 351 g/mol. The summed E-state index contributed by atoms with van der Waals surface area (Å²) in [6.45, 7) is 0. The molecule has 132 valence electrons. The molecule has 0 saturated carbocycles. The van der Waals surface area contributed by atoms with Crippen LogP contribution in [-0.2, 0) is 0 Å². The Morgan fingerprint density at radius 3 is 1.67 bits per heavy atom. The van der Waals surface area contributed by atoms with E-state index in [0.29, 0.717) is 0 Å². The molecule has 0 radical (unpaired) electrons. The number of rotatable bonds is 2. The van der Waals surface area contributed by atoms with Crippen LogP contribution >= 0.6 is 0 Å². The molecule has 5 rings (SSSR count). The van der Waals surface area contributed by atoms with Gasteiger partial charge >= 0.3 is 0 Å². The normalized spacial score (nSPS) is 20.3. The predicted molar refractivity (Wildman–Crippen MR) is 114 cm³/mol. The van der Waals surface area contributed by atoms with E-state index >= 15 is 0 Å². The van der Waals surface area contributed by atoms with E-state index in [1.54, 1.807) is 0 Å². The van der Waals surface area contributed by atoms with Crippen molar-refractivity contribution in [2.45, 2.75) is 12.1 Å². The van der Waals surface area contributed by atoms with Gasteiger partial charge in [0, 0.05) is 17.1 Å². The van der Waals surface area contributed by atoms with Gasteiger partial charge in [-0.05, 0) is 42.5 Å². The standard InChI is InChI=1S/C24H21N3/c25-18-15-16-23-24(17-18)27(20-11-5-2-6-12-20)22-14-8-7-13-21(22)26(23)19-9-3-1-4-10-19/h1-17,21-22H,25H2. The molecule has 27 heavy (non-hydrogen) atoms. The predicted octanol–water partition coefficient (Wildman–Crippen LogP) is 5.42. The first-order valence-corrected chi connectivity index (χ1v) is 9.26. The minimum Gasteiger partial charge on any atom is -0.399 e. The van der Waals surface area contributed by atoms with Gasteiger partial charge in [-0.25, -0.2) is 0 Å². The number of nitrogens with two attached hydrogens (primary N) is 1. The van der Waals surface area contributed by atoms with Gasteiger partial charge in [-0.3, -0.25) is 0 Å². The largest absolute Gasteiger partial charge is 0.399 e. The topological polar surface area (TPSA) is 32.5 Å². The molecule has 0 bridgehead atoms. The van der Waals surface area contributed by atoms with Gasteiger partial charge in [0.15, 0.2) is 0 Å². The maximum Gasteiger partial charge on any atom is 0.0769 e. The summed E-state index contributed by atoms with van der Waals surface area (Å²) >= 11 is 0. The van der Waals surface area contributed by atoms with E-state index in [4.69, 9.17) is 5.73 Å². The maximum atomic E-state index is 6.20. The fourth-order valence-electron chi connectivity index (χ4n) is 4.12. The number of para-hydroxylation sites is 2. The number of anilines is 5. The van der Waals surface area contributed by atoms with E-state index < -0.39 is 0 Å². The van der Waals surface area contributed by atoms with Gasteiger partial charge in [-0.2, -0.15) is 0 Å². The van der Waals surface area contributed by atoms with Crippen molar-refractivity contribution in [3.05, 3.63) is 103 Å². The second kappa shape index (κ2) is 6.36. The van der Waals surface area contributed by atoms with Crippen LogP contribution in [0.1, 0.15) is 0 Å². The van der Waals surface area contributed by atoms with Crippen LogP contribution in [0.5, 0.6) is 0 Å². The summed E-state index contributed by atoms with van der Waals surface area (Å²) in [5.41, 5.74) is 11.6. The lowest BCUT2D eigenvalue weighted by atomic mass is 9.92. The lowest BCUT2D eigenvalue weighted by Crippen LogP contribution is -2.52. The van der Waals surface area contributed by atoms with Crippen LogP contribution in [0, 0.1) is 0 Å². The lowest BCUT2D eigenvalue weighted by Gasteiger charge is -2.49. The van der Waals surface area contributed by atoms with Crippen LogP contribution in [0.3, 0.4) is 0 Å². The molecule has 1 heterocycles. The van der Waals surface area contributed by atoms with Crippen LogP contribution in [0.25, 0.3) is 0 Å². The zero-order chi connectivity index (χ0) is 18.2. The molecule has 1 aliphatic carbocycles. The van der Waals surface area contributed by atoms with Crippen molar-refractivity contribution in [3.63, 3.8) is 0 Å². The van der Waals surface area contributed by atoms with Crippen molar-refractivity contribution >= 4 is 28.4 Å². The molecule has 3 aromatic carbocycles. The molecule has 1 aliphatic heterocycles. The van der Waals surface area contributed by atoms with E-state index in [1.807, 2.05) is 6.07 Å². The van der Waals surface area contributed by atoms with Crippen molar-refractivity contribution < 1.29 is 0 Å². The fourth-order valence-corrected chi connectivity index (χ4v) is 4.12. The summed E-state index contributed by atoms with van der Waals surface area (Å²) in [6.07, 6.45) is 8.84. The van der Waals surface area contributed by atoms with Gasteiger partial charge in [-0.15, -0.1) is 0 Å². The van der Waals surface area contributed by atoms with Crippen molar-refractivity contribution in [2.75, 3.05) is 15.5 Å². The third-order valence-corrected chi connectivity index (χ3v) is 5.26. The Kier molecular flexibility index (Phi) is 3.72. The first kappa shape index (κ1) is 15.8. The Balaban J connectivity index is 1.76. The van der Waals surface area contributed by atoms with E-state index in [-0.39, 0.29) is 12.1 Å².